The summed E-state index contributed by atoms with van der Waals surface area (Å²) in [5.41, 5.74) is -0.194. The standard InChI is InChI=1S/C25H33BF2N4O5/c1-24(2,32-12-10-25(27,28)17-32)14-20(29-3)22(33)31-11-9-19(15-31)16-37-23(34)30-21(26(35)36)13-18-7-5-4-6-8-18/h4-8,14,19,21,35-36H,9-13,15-17H2,1-2H3,(H,30,34)/t19-,21-/m0/s1. The average Bonchev–Trinajstić information content (AvgIpc) is 3.47. The number of carbonyl (C=O) groups excluding carboxylic acids is 2. The maximum Gasteiger partial charge on any atom is 0.475 e. The van der Waals surface area contributed by atoms with Crippen molar-refractivity contribution in [2.45, 2.75) is 50.5 Å². The molecule has 1 aromatic rings. The lowest BCUT2D eigenvalue weighted by molar-refractivity contribution is -0.126. The second-order valence-electron chi connectivity index (χ2n) is 10.2. The molecule has 0 aliphatic carbocycles. The van der Waals surface area contributed by atoms with Crippen LogP contribution in [0.3, 0.4) is 0 Å². The Labute approximate surface area is 216 Å². The van der Waals surface area contributed by atoms with Gasteiger partial charge in [-0.15, -0.1) is 0 Å². The number of carbonyl (C=O) groups is 2. The van der Waals surface area contributed by atoms with Crippen molar-refractivity contribution in [1.29, 1.82) is 0 Å². The van der Waals surface area contributed by atoms with Gasteiger partial charge >= 0.3 is 13.2 Å². The third kappa shape index (κ3) is 7.99. The normalized spacial score (nSPS) is 20.8. The number of hydrogen-bond acceptors (Lipinski definition) is 6. The van der Waals surface area contributed by atoms with Crippen LogP contribution in [0, 0.1) is 12.5 Å². The summed E-state index contributed by atoms with van der Waals surface area (Å²) in [4.78, 5) is 31.7. The summed E-state index contributed by atoms with van der Waals surface area (Å²) in [5, 5.41) is 21.7. The van der Waals surface area contributed by atoms with Crippen LogP contribution in [0.25, 0.3) is 4.85 Å². The largest absolute Gasteiger partial charge is 0.475 e. The quantitative estimate of drug-likeness (QED) is 0.263. The molecule has 2 fully saturated rings. The third-order valence-corrected chi connectivity index (χ3v) is 6.80. The summed E-state index contributed by atoms with van der Waals surface area (Å²) in [7, 11) is -1.78. The highest BCUT2D eigenvalue weighted by Crippen LogP contribution is 2.33. The van der Waals surface area contributed by atoms with Gasteiger partial charge in [0.05, 0.1) is 25.7 Å². The maximum absolute atomic E-state index is 13.7. The van der Waals surface area contributed by atoms with E-state index in [9.17, 15) is 28.4 Å². The molecule has 0 saturated carbocycles. The van der Waals surface area contributed by atoms with E-state index in [2.05, 4.69) is 10.2 Å². The number of halogens is 2. The van der Waals surface area contributed by atoms with Gasteiger partial charge in [0.2, 0.25) is 5.70 Å². The lowest BCUT2D eigenvalue weighted by Gasteiger charge is -2.33. The fraction of sp³-hybridized carbons (Fsp3) is 0.560. The molecule has 0 spiro atoms. The van der Waals surface area contributed by atoms with E-state index in [-0.39, 0.29) is 44.2 Å². The molecule has 9 nitrogen and oxygen atoms in total. The van der Waals surface area contributed by atoms with Gasteiger partial charge in [-0.05, 0) is 32.3 Å². The molecule has 3 rings (SSSR count). The van der Waals surface area contributed by atoms with Gasteiger partial charge < -0.3 is 25.0 Å². The van der Waals surface area contributed by atoms with Crippen molar-refractivity contribution in [3.63, 3.8) is 0 Å². The molecule has 37 heavy (non-hydrogen) atoms. The van der Waals surface area contributed by atoms with Crippen LogP contribution in [-0.2, 0) is 16.0 Å². The number of hydrogen-bond donors (Lipinski definition) is 3. The van der Waals surface area contributed by atoms with Crippen molar-refractivity contribution < 1.29 is 33.2 Å². The molecule has 3 N–H and O–H groups in total. The van der Waals surface area contributed by atoms with Crippen LogP contribution in [0.15, 0.2) is 42.1 Å². The van der Waals surface area contributed by atoms with Crippen LogP contribution < -0.4 is 5.32 Å². The first-order chi connectivity index (χ1) is 17.4. The predicted octanol–water partition coefficient (Wildman–Crippen LogP) is 2.11. The Hall–Kier alpha value is -3.01. The molecule has 0 radical (unpaired) electrons. The van der Waals surface area contributed by atoms with Gasteiger partial charge in [-0.3, -0.25) is 9.69 Å². The summed E-state index contributed by atoms with van der Waals surface area (Å²) in [6, 6.07) is 9.06. The smallest absolute Gasteiger partial charge is 0.449 e. The minimum absolute atomic E-state index is 0.0145. The van der Waals surface area contributed by atoms with Crippen LogP contribution in [0.2, 0.25) is 0 Å². The summed E-state index contributed by atoms with van der Waals surface area (Å²) in [6.07, 6.45) is 1.16. The Balaban J connectivity index is 1.50. The predicted molar refractivity (Wildman–Crippen MR) is 133 cm³/mol. The highest BCUT2D eigenvalue weighted by Gasteiger charge is 2.43. The van der Waals surface area contributed by atoms with Gasteiger partial charge in [0, 0.05) is 37.5 Å². The number of nitrogens with one attached hydrogen (secondary N) is 1. The molecule has 2 heterocycles. The van der Waals surface area contributed by atoms with E-state index in [1.54, 1.807) is 30.9 Å². The second kappa shape index (κ2) is 12.0. The van der Waals surface area contributed by atoms with Gasteiger partial charge in [-0.1, -0.05) is 36.4 Å². The molecule has 2 saturated heterocycles. The molecular weight excluding hydrogens is 485 g/mol. The fourth-order valence-corrected chi connectivity index (χ4v) is 4.60. The molecule has 2 aliphatic heterocycles. The zero-order valence-corrected chi connectivity index (χ0v) is 21.1. The zero-order valence-electron chi connectivity index (χ0n) is 21.1. The molecule has 200 valence electrons. The summed E-state index contributed by atoms with van der Waals surface area (Å²) >= 11 is 0. The average molecular weight is 518 g/mol. The van der Waals surface area contributed by atoms with Crippen LogP contribution in [0.1, 0.15) is 32.3 Å². The van der Waals surface area contributed by atoms with Gasteiger partial charge in [0.1, 0.15) is 0 Å². The maximum atomic E-state index is 13.7. The van der Waals surface area contributed by atoms with E-state index < -0.39 is 43.1 Å². The summed E-state index contributed by atoms with van der Waals surface area (Å²) in [6.45, 7) is 11.3. The lowest BCUT2D eigenvalue weighted by Crippen LogP contribution is -2.48. The Bertz CT molecular complexity index is 1030. The number of alkyl carbamates (subject to hydrolysis) is 1. The molecule has 0 aromatic heterocycles. The van der Waals surface area contributed by atoms with Crippen LogP contribution in [0.5, 0.6) is 0 Å². The van der Waals surface area contributed by atoms with E-state index in [1.165, 1.54) is 11.0 Å². The first-order valence-corrected chi connectivity index (χ1v) is 12.3. The number of nitrogens with zero attached hydrogens (tertiary/aromatic N) is 3. The Morgan fingerprint density at radius 1 is 1.32 bits per heavy atom. The molecule has 2 atom stereocenters. The van der Waals surface area contributed by atoms with E-state index in [4.69, 9.17) is 11.3 Å². The minimum atomic E-state index is -2.78. The van der Waals surface area contributed by atoms with Crippen molar-refractivity contribution in [2.24, 2.45) is 5.92 Å². The zero-order chi connectivity index (χ0) is 27.2. The number of alkyl halides is 2. The number of amides is 2. The van der Waals surface area contributed by atoms with Crippen molar-refractivity contribution in [3.8, 4) is 0 Å². The SMILES string of the molecule is [C-]#[N+]C(=CC(C)(C)N1CCC(F)(F)C1)C(=O)N1CC[C@H](COC(=O)N[C@@H](Cc2ccccc2)B(O)O)C1. The number of benzene rings is 1. The second-order valence-corrected chi connectivity index (χ2v) is 10.2. The van der Waals surface area contributed by atoms with Gasteiger partial charge in [0.15, 0.2) is 0 Å². The van der Waals surface area contributed by atoms with Gasteiger partial charge in [0.25, 0.3) is 11.8 Å². The van der Waals surface area contributed by atoms with E-state index in [0.717, 1.165) is 5.56 Å². The Kier molecular flexibility index (Phi) is 9.28. The first kappa shape index (κ1) is 28.6. The van der Waals surface area contributed by atoms with E-state index >= 15 is 0 Å². The number of likely N-dealkylation sites (tertiary alicyclic amines) is 2. The van der Waals surface area contributed by atoms with Gasteiger partial charge in [-0.25, -0.2) is 18.4 Å². The number of rotatable bonds is 9. The lowest BCUT2D eigenvalue weighted by atomic mass is 9.76. The monoisotopic (exact) mass is 518 g/mol. The van der Waals surface area contributed by atoms with E-state index in [0.29, 0.717) is 13.0 Å². The molecular formula is C25H33BF2N4O5. The van der Waals surface area contributed by atoms with Crippen LogP contribution >= 0.6 is 0 Å². The summed E-state index contributed by atoms with van der Waals surface area (Å²) < 4.78 is 32.6. The number of ether oxygens (including phenoxy) is 1. The first-order valence-electron chi connectivity index (χ1n) is 12.3. The molecule has 2 amide bonds. The third-order valence-electron chi connectivity index (χ3n) is 6.80. The highest BCUT2D eigenvalue weighted by molar-refractivity contribution is 6.43. The van der Waals surface area contributed by atoms with Crippen molar-refractivity contribution >= 4 is 19.1 Å². The molecule has 2 aliphatic rings. The molecule has 0 bridgehead atoms. The topological polar surface area (TPSA) is 107 Å². The summed E-state index contributed by atoms with van der Waals surface area (Å²) in [5.74, 6) is -4.37. The van der Waals surface area contributed by atoms with Crippen molar-refractivity contribution in [2.75, 3.05) is 32.8 Å². The van der Waals surface area contributed by atoms with Gasteiger partial charge in [-0.2, -0.15) is 0 Å². The van der Waals surface area contributed by atoms with E-state index in [1.807, 2.05) is 18.2 Å². The fourth-order valence-electron chi connectivity index (χ4n) is 4.60. The molecule has 0 unspecified atom stereocenters. The molecule has 1 aromatic carbocycles. The highest BCUT2D eigenvalue weighted by atomic mass is 19.3. The van der Waals surface area contributed by atoms with Crippen molar-refractivity contribution in [3.05, 3.63) is 59.1 Å². The minimum Gasteiger partial charge on any atom is -0.449 e. The van der Waals surface area contributed by atoms with Crippen LogP contribution in [0.4, 0.5) is 13.6 Å². The Morgan fingerprint density at radius 3 is 2.62 bits per heavy atom. The van der Waals surface area contributed by atoms with Crippen molar-refractivity contribution in [1.82, 2.24) is 15.1 Å². The molecule has 12 heteroatoms. The van der Waals surface area contributed by atoms with Crippen LogP contribution in [-0.4, -0.2) is 89.2 Å². The Morgan fingerprint density at radius 2 is 2.03 bits per heavy atom.